The Balaban J connectivity index is 1.80. The molecule has 33 heavy (non-hydrogen) atoms. The highest BCUT2D eigenvalue weighted by Gasteiger charge is 2.70. The van der Waals surface area contributed by atoms with Crippen molar-refractivity contribution in [2.24, 2.45) is 39.9 Å². The predicted molar refractivity (Wildman–Crippen MR) is 119 cm³/mol. The second-order valence-electron chi connectivity index (χ2n) is 12.1. The summed E-state index contributed by atoms with van der Waals surface area (Å²) in [6.45, 7) is 13.6. The van der Waals surface area contributed by atoms with E-state index < -0.39 is 30.6 Å². The normalized spacial score (nSPS) is 45.7. The fraction of sp³-hybridized carbons (Fsp3) is 0.885. The molecule has 3 aliphatic carbocycles. The van der Waals surface area contributed by atoms with Crippen LogP contribution in [-0.4, -0.2) is 36.6 Å². The van der Waals surface area contributed by atoms with Crippen LogP contribution in [0.15, 0.2) is 0 Å². The van der Waals surface area contributed by atoms with Gasteiger partial charge in [-0.15, -0.1) is 0 Å². The number of carbonyl (C=O) groups is 3. The average molecular weight is 465 g/mol. The predicted octanol–water partition coefficient (Wildman–Crippen LogP) is 4.61. The monoisotopic (exact) mass is 464 g/mol. The van der Waals surface area contributed by atoms with Gasteiger partial charge in [0.2, 0.25) is 12.6 Å². The molecule has 0 radical (unpaired) electrons. The van der Waals surface area contributed by atoms with Gasteiger partial charge in [-0.05, 0) is 60.2 Å². The molecule has 7 nitrogen and oxygen atoms in total. The Morgan fingerprint density at radius 3 is 1.97 bits per heavy atom. The molecule has 0 amide bonds. The number of carbonyl (C=O) groups excluding carboxylic acids is 3. The summed E-state index contributed by atoms with van der Waals surface area (Å²) >= 11 is 0. The molecule has 0 aromatic heterocycles. The fourth-order valence-electron chi connectivity index (χ4n) is 8.70. The molecule has 0 aromatic carbocycles. The lowest BCUT2D eigenvalue weighted by Gasteiger charge is -2.66. The summed E-state index contributed by atoms with van der Waals surface area (Å²) in [6, 6.07) is 0. The first-order valence-corrected chi connectivity index (χ1v) is 12.5. The van der Waals surface area contributed by atoms with E-state index in [4.69, 9.17) is 18.9 Å². The summed E-state index contributed by atoms with van der Waals surface area (Å²) in [5.41, 5.74) is 0.136. The van der Waals surface area contributed by atoms with Gasteiger partial charge in [0.25, 0.3) is 0 Å². The second kappa shape index (κ2) is 8.24. The first-order valence-electron chi connectivity index (χ1n) is 12.5. The Morgan fingerprint density at radius 1 is 0.758 bits per heavy atom. The van der Waals surface area contributed by atoms with E-state index in [1.807, 2.05) is 0 Å². The molecule has 1 heterocycles. The van der Waals surface area contributed by atoms with Gasteiger partial charge in [0.1, 0.15) is 6.10 Å². The van der Waals surface area contributed by atoms with Crippen molar-refractivity contribution in [3.63, 3.8) is 0 Å². The molecule has 0 bridgehead atoms. The minimum atomic E-state index is -0.910. The van der Waals surface area contributed by atoms with Crippen LogP contribution in [0.3, 0.4) is 0 Å². The van der Waals surface area contributed by atoms with Crippen LogP contribution in [0.4, 0.5) is 0 Å². The van der Waals surface area contributed by atoms with Crippen LogP contribution in [0.5, 0.6) is 0 Å². The van der Waals surface area contributed by atoms with Gasteiger partial charge >= 0.3 is 17.9 Å². The molecule has 0 aromatic rings. The molecule has 3 saturated carbocycles. The molecule has 1 saturated heterocycles. The third-order valence-electron chi connectivity index (χ3n) is 9.67. The van der Waals surface area contributed by atoms with E-state index in [0.717, 1.165) is 19.3 Å². The maximum absolute atomic E-state index is 12.1. The van der Waals surface area contributed by atoms with Gasteiger partial charge in [-0.1, -0.05) is 34.1 Å². The molecule has 186 valence electrons. The van der Waals surface area contributed by atoms with Crippen molar-refractivity contribution in [1.29, 1.82) is 0 Å². The molecular formula is C26H40O7. The fourth-order valence-corrected chi connectivity index (χ4v) is 8.70. The van der Waals surface area contributed by atoms with Crippen LogP contribution in [0.1, 0.15) is 87.0 Å². The Kier molecular flexibility index (Phi) is 6.12. The number of fused-ring (bicyclic) bond motifs is 5. The summed E-state index contributed by atoms with van der Waals surface area (Å²) in [7, 11) is 0. The van der Waals surface area contributed by atoms with Gasteiger partial charge in [0.05, 0.1) is 5.92 Å². The van der Waals surface area contributed by atoms with Gasteiger partial charge in [-0.3, -0.25) is 14.4 Å². The largest absolute Gasteiger partial charge is 0.462 e. The van der Waals surface area contributed by atoms with Crippen molar-refractivity contribution < 1.29 is 33.3 Å². The number of hydrogen-bond acceptors (Lipinski definition) is 7. The zero-order valence-electron chi connectivity index (χ0n) is 21.1. The summed E-state index contributed by atoms with van der Waals surface area (Å²) in [4.78, 5) is 36.0. The number of hydrogen-bond donors (Lipinski definition) is 0. The molecule has 2 unspecified atom stereocenters. The van der Waals surface area contributed by atoms with Crippen LogP contribution in [0.25, 0.3) is 0 Å². The lowest BCUT2D eigenvalue weighted by Crippen LogP contribution is -2.63. The SMILES string of the molecule is CC(=O)O[C@@H]1O[C@H](OC(C)=O)[C@@H]2[C@H]1[C@@H](OC(C)=O)CC1[C@@]3(C)CCCC(C)(C)C3CC[C@]12C. The van der Waals surface area contributed by atoms with E-state index in [1.54, 1.807) is 0 Å². The first kappa shape index (κ1) is 24.5. The number of ether oxygens (including phenoxy) is 4. The van der Waals surface area contributed by atoms with Gasteiger partial charge < -0.3 is 18.9 Å². The Bertz CT molecular complexity index is 821. The highest BCUT2D eigenvalue weighted by Crippen LogP contribution is 2.71. The summed E-state index contributed by atoms with van der Waals surface area (Å²) in [5, 5.41) is 0. The highest BCUT2D eigenvalue weighted by molar-refractivity contribution is 5.67. The number of esters is 3. The Labute approximate surface area is 197 Å². The minimum absolute atomic E-state index is 0.0818. The zero-order chi connectivity index (χ0) is 24.3. The van der Waals surface area contributed by atoms with Crippen LogP contribution >= 0.6 is 0 Å². The summed E-state index contributed by atoms with van der Waals surface area (Å²) < 4.78 is 23.2. The van der Waals surface area contributed by atoms with Crippen LogP contribution in [-0.2, 0) is 33.3 Å². The van der Waals surface area contributed by atoms with E-state index in [-0.39, 0.29) is 40.0 Å². The third kappa shape index (κ3) is 3.98. The Morgan fingerprint density at radius 2 is 1.36 bits per heavy atom. The van der Waals surface area contributed by atoms with E-state index in [0.29, 0.717) is 12.3 Å². The minimum Gasteiger partial charge on any atom is -0.462 e. The van der Waals surface area contributed by atoms with Crippen molar-refractivity contribution >= 4 is 17.9 Å². The smallest absolute Gasteiger partial charge is 0.304 e. The standard InChI is InChI=1S/C26H40O7/c1-14(27)30-17-13-19-25(6)11-8-10-24(4,5)18(25)9-12-26(19,7)21-20(17)22(31-15(2)28)33-23(21)32-16(3)29/h17-23H,8-13H2,1-7H3/t17-,18?,19?,20+,21-,22+,23-,25-,26+/m0/s1. The van der Waals surface area contributed by atoms with E-state index in [1.165, 1.54) is 33.6 Å². The van der Waals surface area contributed by atoms with Crippen LogP contribution in [0, 0.1) is 39.9 Å². The summed E-state index contributed by atoms with van der Waals surface area (Å²) in [5.74, 6) is -1.02. The van der Waals surface area contributed by atoms with Crippen molar-refractivity contribution in [3.05, 3.63) is 0 Å². The topological polar surface area (TPSA) is 88.1 Å². The van der Waals surface area contributed by atoms with Crippen molar-refractivity contribution in [2.45, 2.75) is 106 Å². The molecule has 0 N–H and O–H groups in total. The first-order chi connectivity index (χ1) is 15.3. The van der Waals surface area contributed by atoms with E-state index >= 15 is 0 Å². The lowest BCUT2D eigenvalue weighted by atomic mass is 9.38. The highest BCUT2D eigenvalue weighted by atomic mass is 16.8. The van der Waals surface area contributed by atoms with Crippen molar-refractivity contribution in [2.75, 3.05) is 0 Å². The van der Waals surface area contributed by atoms with Crippen molar-refractivity contribution in [3.8, 4) is 0 Å². The second-order valence-corrected chi connectivity index (χ2v) is 12.1. The van der Waals surface area contributed by atoms with Gasteiger partial charge in [0, 0.05) is 26.7 Å². The maximum Gasteiger partial charge on any atom is 0.304 e. The molecule has 4 fully saturated rings. The quantitative estimate of drug-likeness (QED) is 0.445. The molecular weight excluding hydrogens is 424 g/mol. The molecule has 7 heteroatoms. The molecule has 4 aliphatic rings. The maximum atomic E-state index is 12.1. The van der Waals surface area contributed by atoms with Crippen LogP contribution < -0.4 is 0 Å². The van der Waals surface area contributed by atoms with Gasteiger partial charge in [-0.2, -0.15) is 0 Å². The van der Waals surface area contributed by atoms with Crippen molar-refractivity contribution in [1.82, 2.24) is 0 Å². The Hall–Kier alpha value is -1.63. The molecule has 0 spiro atoms. The van der Waals surface area contributed by atoms with E-state index in [2.05, 4.69) is 27.7 Å². The van der Waals surface area contributed by atoms with E-state index in [9.17, 15) is 14.4 Å². The van der Waals surface area contributed by atoms with Gasteiger partial charge in [0.15, 0.2) is 0 Å². The molecule has 4 rings (SSSR count). The third-order valence-corrected chi connectivity index (χ3v) is 9.67. The average Bonchev–Trinajstić information content (AvgIpc) is 3.00. The summed E-state index contributed by atoms with van der Waals surface area (Å²) in [6.07, 6.45) is 4.11. The van der Waals surface area contributed by atoms with Crippen LogP contribution in [0.2, 0.25) is 0 Å². The van der Waals surface area contributed by atoms with Gasteiger partial charge in [-0.25, -0.2) is 0 Å². The molecule has 1 aliphatic heterocycles. The molecule has 9 atom stereocenters. The lowest BCUT2D eigenvalue weighted by molar-refractivity contribution is -0.228. The zero-order valence-corrected chi connectivity index (χ0v) is 21.1. The number of rotatable bonds is 3.